The van der Waals surface area contributed by atoms with Crippen LogP contribution < -0.4 is 9.44 Å². The van der Waals surface area contributed by atoms with Gasteiger partial charge in [-0.15, -0.1) is 0 Å². The third-order valence-electron chi connectivity index (χ3n) is 9.08. The quantitative estimate of drug-likeness (QED) is 0.241. The lowest BCUT2D eigenvalue weighted by molar-refractivity contribution is 0.339. The SMILES string of the molecule is CC(C)c1cc(C(C)C)c(S(=O)(=O)N[C@H]2CCCC[C@@H]2NS(=O)(=O)c2c(C(C)C)cc(C(C)C)cc2C(C)C)c(C(C)C)c1. The molecule has 2 aromatic carbocycles. The highest BCUT2D eigenvalue weighted by Gasteiger charge is 2.37. The van der Waals surface area contributed by atoms with Crippen LogP contribution in [0.4, 0.5) is 0 Å². The Morgan fingerprint density at radius 2 is 0.727 bits per heavy atom. The summed E-state index contributed by atoms with van der Waals surface area (Å²) in [6.45, 7) is 24.8. The van der Waals surface area contributed by atoms with Crippen LogP contribution in [0, 0.1) is 0 Å². The summed E-state index contributed by atoms with van der Waals surface area (Å²) in [5.74, 6) is 0.584. The minimum absolute atomic E-state index is 0.0103. The van der Waals surface area contributed by atoms with Gasteiger partial charge in [0, 0.05) is 12.1 Å². The van der Waals surface area contributed by atoms with Crippen molar-refractivity contribution in [2.24, 2.45) is 0 Å². The van der Waals surface area contributed by atoms with E-state index >= 15 is 0 Å². The smallest absolute Gasteiger partial charge is 0.207 e. The molecule has 2 atom stereocenters. The lowest BCUT2D eigenvalue weighted by Gasteiger charge is -2.34. The molecule has 1 aliphatic carbocycles. The van der Waals surface area contributed by atoms with E-state index in [0.717, 1.165) is 46.2 Å². The molecule has 1 fully saturated rings. The van der Waals surface area contributed by atoms with Crippen LogP contribution in [0.25, 0.3) is 0 Å². The molecule has 0 spiro atoms. The van der Waals surface area contributed by atoms with Crippen molar-refractivity contribution in [3.05, 3.63) is 57.6 Å². The molecule has 2 aromatic rings. The van der Waals surface area contributed by atoms with E-state index in [9.17, 15) is 16.8 Å². The lowest BCUT2D eigenvalue weighted by atomic mass is 9.89. The van der Waals surface area contributed by atoms with Gasteiger partial charge in [0.15, 0.2) is 0 Å². The van der Waals surface area contributed by atoms with E-state index in [4.69, 9.17) is 0 Å². The Morgan fingerprint density at radius 3 is 0.932 bits per heavy atom. The fourth-order valence-electron chi connectivity index (χ4n) is 6.33. The maximum atomic E-state index is 14.3. The third-order valence-corrected chi connectivity index (χ3v) is 12.3. The van der Waals surface area contributed by atoms with Crippen LogP contribution in [0.15, 0.2) is 34.1 Å². The van der Waals surface area contributed by atoms with E-state index in [1.54, 1.807) is 0 Å². The Balaban J connectivity index is 2.09. The van der Waals surface area contributed by atoms with Crippen molar-refractivity contribution < 1.29 is 16.8 Å². The Kier molecular flexibility index (Phi) is 12.0. The van der Waals surface area contributed by atoms with E-state index < -0.39 is 32.1 Å². The molecule has 0 unspecified atom stereocenters. The van der Waals surface area contributed by atoms with Gasteiger partial charge in [-0.2, -0.15) is 0 Å². The van der Waals surface area contributed by atoms with Crippen molar-refractivity contribution >= 4 is 20.0 Å². The first kappa shape index (κ1) is 36.7. The van der Waals surface area contributed by atoms with Gasteiger partial charge in [0.2, 0.25) is 20.0 Å². The standard InChI is InChI=1S/C36H58N2O4S2/c1-21(2)27-17-29(23(5)6)35(30(18-27)24(7)8)43(39,40)37-33-15-13-14-16-34(33)38-44(41,42)36-31(25(9)10)19-28(22(3)4)20-32(36)26(11)12/h17-26,33-34,37-38H,13-16H2,1-12H3/t33-,34-/m0/s1. The molecule has 3 rings (SSSR count). The van der Waals surface area contributed by atoms with E-state index in [2.05, 4.69) is 37.1 Å². The van der Waals surface area contributed by atoms with E-state index in [1.807, 2.05) is 79.7 Å². The highest BCUT2D eigenvalue weighted by molar-refractivity contribution is 7.90. The normalized spacial score (nSPS) is 18.5. The minimum Gasteiger partial charge on any atom is -0.207 e. The summed E-state index contributed by atoms with van der Waals surface area (Å²) in [5.41, 5.74) is 5.51. The van der Waals surface area contributed by atoms with Gasteiger partial charge in [-0.3, -0.25) is 0 Å². The highest BCUT2D eigenvalue weighted by Crippen LogP contribution is 2.38. The fourth-order valence-corrected chi connectivity index (χ4v) is 10.3. The second-order valence-corrected chi connectivity index (χ2v) is 18.0. The molecule has 0 bridgehead atoms. The van der Waals surface area contributed by atoms with Crippen LogP contribution in [0.1, 0.15) is 178 Å². The highest BCUT2D eigenvalue weighted by atomic mass is 32.2. The van der Waals surface area contributed by atoms with Crippen molar-refractivity contribution in [1.82, 2.24) is 9.44 Å². The molecule has 0 radical (unpaired) electrons. The molecule has 0 aromatic heterocycles. The first-order valence-electron chi connectivity index (χ1n) is 16.7. The van der Waals surface area contributed by atoms with Gasteiger partial charge in [-0.05, 0) is 81.7 Å². The fraction of sp³-hybridized carbons (Fsp3) is 0.667. The lowest BCUT2D eigenvalue weighted by Crippen LogP contribution is -2.53. The molecule has 0 amide bonds. The van der Waals surface area contributed by atoms with E-state index in [1.165, 1.54) is 0 Å². The summed E-state index contributed by atoms with van der Waals surface area (Å²) in [4.78, 5) is 0.708. The summed E-state index contributed by atoms with van der Waals surface area (Å²) in [6, 6.07) is 7.07. The number of nitrogens with one attached hydrogen (secondary N) is 2. The van der Waals surface area contributed by atoms with Crippen LogP contribution in [0.3, 0.4) is 0 Å². The van der Waals surface area contributed by atoms with Gasteiger partial charge in [0.05, 0.1) is 9.79 Å². The molecule has 0 saturated heterocycles. The molecule has 6 nitrogen and oxygen atoms in total. The van der Waals surface area contributed by atoms with Gasteiger partial charge in [-0.1, -0.05) is 120 Å². The minimum atomic E-state index is -3.95. The Hall–Kier alpha value is -1.74. The topological polar surface area (TPSA) is 92.3 Å². The largest absolute Gasteiger partial charge is 0.241 e. The first-order valence-corrected chi connectivity index (χ1v) is 19.6. The maximum absolute atomic E-state index is 14.3. The number of hydrogen-bond donors (Lipinski definition) is 2. The molecule has 0 heterocycles. The predicted octanol–water partition coefficient (Wildman–Crippen LogP) is 9.00. The molecular formula is C36H58N2O4S2. The summed E-state index contributed by atoms with van der Waals surface area (Å²) in [6.07, 6.45) is 2.82. The summed E-state index contributed by atoms with van der Waals surface area (Å²) in [5, 5.41) is 0. The molecule has 1 saturated carbocycles. The molecule has 44 heavy (non-hydrogen) atoms. The van der Waals surface area contributed by atoms with Crippen molar-refractivity contribution in [3.63, 3.8) is 0 Å². The average molecular weight is 647 g/mol. The van der Waals surface area contributed by atoms with E-state index in [0.29, 0.717) is 22.6 Å². The summed E-state index contributed by atoms with van der Waals surface area (Å²) in [7, 11) is -7.90. The van der Waals surface area contributed by atoms with Crippen LogP contribution >= 0.6 is 0 Å². The Bertz CT molecular complexity index is 1350. The number of benzene rings is 2. The average Bonchev–Trinajstić information content (AvgIpc) is 2.91. The molecule has 0 aliphatic heterocycles. The molecule has 8 heteroatoms. The van der Waals surface area contributed by atoms with Crippen molar-refractivity contribution in [3.8, 4) is 0 Å². The summed E-state index contributed by atoms with van der Waals surface area (Å²) < 4.78 is 63.3. The zero-order chi connectivity index (χ0) is 33.3. The van der Waals surface area contributed by atoms with Gasteiger partial charge in [0.1, 0.15) is 0 Å². The van der Waals surface area contributed by atoms with Crippen molar-refractivity contribution in [2.75, 3.05) is 0 Å². The van der Waals surface area contributed by atoms with E-state index in [-0.39, 0.29) is 35.5 Å². The zero-order valence-electron chi connectivity index (χ0n) is 29.2. The third kappa shape index (κ3) is 8.15. The van der Waals surface area contributed by atoms with Gasteiger partial charge < -0.3 is 0 Å². The van der Waals surface area contributed by atoms with Gasteiger partial charge in [-0.25, -0.2) is 26.3 Å². The number of rotatable bonds is 12. The summed E-state index contributed by atoms with van der Waals surface area (Å²) >= 11 is 0. The van der Waals surface area contributed by atoms with Gasteiger partial charge in [0.25, 0.3) is 0 Å². The maximum Gasteiger partial charge on any atom is 0.241 e. The Labute approximate surface area is 269 Å². The van der Waals surface area contributed by atoms with Crippen molar-refractivity contribution in [1.29, 1.82) is 0 Å². The number of sulfonamides is 2. The predicted molar refractivity (Wildman–Crippen MR) is 184 cm³/mol. The van der Waals surface area contributed by atoms with Crippen LogP contribution in [-0.2, 0) is 20.0 Å². The second kappa shape index (κ2) is 14.4. The van der Waals surface area contributed by atoms with Crippen LogP contribution in [0.2, 0.25) is 0 Å². The van der Waals surface area contributed by atoms with Crippen molar-refractivity contribution in [2.45, 2.75) is 166 Å². The Morgan fingerprint density at radius 1 is 0.477 bits per heavy atom. The molecule has 1 aliphatic rings. The van der Waals surface area contributed by atoms with Crippen LogP contribution in [-0.4, -0.2) is 28.9 Å². The second-order valence-electron chi connectivity index (χ2n) is 14.7. The monoisotopic (exact) mass is 646 g/mol. The first-order chi connectivity index (χ1) is 20.3. The number of hydrogen-bond acceptors (Lipinski definition) is 4. The molecular weight excluding hydrogens is 589 g/mol. The molecule has 248 valence electrons. The van der Waals surface area contributed by atoms with Gasteiger partial charge >= 0.3 is 0 Å². The van der Waals surface area contributed by atoms with Crippen LogP contribution in [0.5, 0.6) is 0 Å². The molecule has 2 N–H and O–H groups in total. The zero-order valence-corrected chi connectivity index (χ0v) is 30.8.